The highest BCUT2D eigenvalue weighted by Gasteiger charge is 2.47. The lowest BCUT2D eigenvalue weighted by molar-refractivity contribution is -0.132. The number of benzene rings is 3. The number of rotatable bonds is 5. The Hall–Kier alpha value is -3.86. The molecule has 0 saturated carbocycles. The lowest BCUT2D eigenvalue weighted by atomic mass is 9.85. The van der Waals surface area contributed by atoms with E-state index in [-0.39, 0.29) is 16.7 Å². The minimum absolute atomic E-state index is 0.0508. The van der Waals surface area contributed by atoms with Gasteiger partial charge in [-0.3, -0.25) is 14.5 Å². The number of carbonyl (C=O) groups excluding carboxylic acids is 2. The van der Waals surface area contributed by atoms with E-state index in [1.807, 2.05) is 69.3 Å². The largest absolute Gasteiger partial charge is 0.507 e. The van der Waals surface area contributed by atoms with Gasteiger partial charge >= 0.3 is 0 Å². The van der Waals surface area contributed by atoms with Gasteiger partial charge in [0.2, 0.25) is 0 Å². The fourth-order valence-electron chi connectivity index (χ4n) is 4.61. The summed E-state index contributed by atoms with van der Waals surface area (Å²) in [6, 6.07) is 20.0. The van der Waals surface area contributed by atoms with Crippen LogP contribution in [0.25, 0.3) is 5.76 Å². The number of ether oxygens (including phenoxy) is 1. The van der Waals surface area contributed by atoms with Crippen molar-refractivity contribution in [3.8, 4) is 5.75 Å². The molecule has 3 aromatic rings. The number of hydrogen-bond donors (Lipinski definition) is 1. The van der Waals surface area contributed by atoms with Crippen LogP contribution in [0.15, 0.2) is 72.3 Å². The normalized spacial score (nSPS) is 17.5. The fourth-order valence-corrected chi connectivity index (χ4v) is 4.61. The van der Waals surface area contributed by atoms with E-state index >= 15 is 0 Å². The van der Waals surface area contributed by atoms with Gasteiger partial charge in [0.25, 0.3) is 11.7 Å². The monoisotopic (exact) mass is 483 g/mol. The molecular weight excluding hydrogens is 450 g/mol. The average molecular weight is 484 g/mol. The summed E-state index contributed by atoms with van der Waals surface area (Å²) in [5.74, 6) is -0.948. The molecule has 36 heavy (non-hydrogen) atoms. The second-order valence-corrected chi connectivity index (χ2v) is 10.3. The molecule has 1 amide bonds. The Morgan fingerprint density at radius 2 is 1.67 bits per heavy atom. The van der Waals surface area contributed by atoms with Crippen molar-refractivity contribution in [2.45, 2.75) is 53.0 Å². The van der Waals surface area contributed by atoms with Crippen LogP contribution >= 0.6 is 0 Å². The highest BCUT2D eigenvalue weighted by molar-refractivity contribution is 6.51. The minimum atomic E-state index is -0.782. The summed E-state index contributed by atoms with van der Waals surface area (Å²) in [6.07, 6.45) is 0. The first-order valence-electron chi connectivity index (χ1n) is 12.2. The number of Topliss-reactive ketones (excluding diaryl/α,β-unsaturated/α-hetero) is 1. The molecule has 1 fully saturated rings. The van der Waals surface area contributed by atoms with Crippen LogP contribution in [0.3, 0.4) is 0 Å². The highest BCUT2D eigenvalue weighted by atomic mass is 16.5. The molecule has 0 aliphatic carbocycles. The fraction of sp³-hybridized carbons (Fsp3) is 0.290. The van der Waals surface area contributed by atoms with Crippen molar-refractivity contribution in [3.63, 3.8) is 0 Å². The van der Waals surface area contributed by atoms with E-state index in [1.54, 1.807) is 18.2 Å². The zero-order valence-corrected chi connectivity index (χ0v) is 21.8. The van der Waals surface area contributed by atoms with E-state index in [0.717, 1.165) is 22.3 Å². The van der Waals surface area contributed by atoms with Gasteiger partial charge in [0.15, 0.2) is 0 Å². The molecule has 1 heterocycles. The molecule has 1 aliphatic heterocycles. The first-order valence-corrected chi connectivity index (χ1v) is 12.2. The first-order chi connectivity index (χ1) is 17.0. The second-order valence-electron chi connectivity index (χ2n) is 10.3. The number of aliphatic hydroxyl groups is 1. The summed E-state index contributed by atoms with van der Waals surface area (Å²) in [4.78, 5) is 28.4. The Balaban J connectivity index is 1.95. The minimum Gasteiger partial charge on any atom is -0.507 e. The van der Waals surface area contributed by atoms with Gasteiger partial charge in [-0.1, -0.05) is 68.8 Å². The maximum atomic E-state index is 13.5. The lowest BCUT2D eigenvalue weighted by Gasteiger charge is -2.27. The molecule has 1 N–H and O–H groups in total. The molecule has 4 rings (SSSR count). The van der Waals surface area contributed by atoms with Gasteiger partial charge in [0, 0.05) is 17.3 Å². The van der Waals surface area contributed by atoms with Crippen LogP contribution in [0.1, 0.15) is 61.6 Å². The second kappa shape index (κ2) is 9.65. The summed E-state index contributed by atoms with van der Waals surface area (Å²) in [7, 11) is 0. The molecule has 1 aliphatic rings. The SMILES string of the molecule is CCOc1cccc(N2C(=O)C(=O)/C(=C(/O)c3cc(C)ccc3C)C2c2ccc(C(C)(C)C)cc2)c1. The molecule has 5 heteroatoms. The zero-order chi connectivity index (χ0) is 26.2. The quantitative estimate of drug-likeness (QED) is 0.251. The molecule has 0 spiro atoms. The summed E-state index contributed by atoms with van der Waals surface area (Å²) in [5, 5.41) is 11.5. The number of ketones is 1. The summed E-state index contributed by atoms with van der Waals surface area (Å²) < 4.78 is 5.65. The van der Waals surface area contributed by atoms with Crippen LogP contribution in [-0.2, 0) is 15.0 Å². The van der Waals surface area contributed by atoms with Crippen LogP contribution in [-0.4, -0.2) is 23.4 Å². The van der Waals surface area contributed by atoms with Crippen LogP contribution in [0.5, 0.6) is 5.75 Å². The van der Waals surface area contributed by atoms with Gasteiger partial charge < -0.3 is 9.84 Å². The molecule has 0 aromatic heterocycles. The maximum absolute atomic E-state index is 13.5. The number of hydrogen-bond acceptors (Lipinski definition) is 4. The summed E-state index contributed by atoms with van der Waals surface area (Å²) in [5.41, 5.74) is 4.77. The molecular formula is C31H33NO4. The van der Waals surface area contributed by atoms with Gasteiger partial charge in [-0.25, -0.2) is 0 Å². The van der Waals surface area contributed by atoms with Crippen molar-refractivity contribution in [2.24, 2.45) is 0 Å². The Bertz CT molecular complexity index is 1350. The summed E-state index contributed by atoms with van der Waals surface area (Å²) >= 11 is 0. The Labute approximate surface area is 213 Å². The van der Waals surface area contributed by atoms with Crippen LogP contribution < -0.4 is 9.64 Å². The molecule has 186 valence electrons. The van der Waals surface area contributed by atoms with Crippen molar-refractivity contribution in [1.29, 1.82) is 0 Å². The van der Waals surface area contributed by atoms with Crippen molar-refractivity contribution >= 4 is 23.1 Å². The number of anilines is 1. The lowest BCUT2D eigenvalue weighted by Crippen LogP contribution is -2.29. The van der Waals surface area contributed by atoms with Crippen LogP contribution in [0.2, 0.25) is 0 Å². The van der Waals surface area contributed by atoms with E-state index in [1.165, 1.54) is 4.90 Å². The molecule has 1 atom stereocenters. The van der Waals surface area contributed by atoms with E-state index in [9.17, 15) is 14.7 Å². The van der Waals surface area contributed by atoms with Gasteiger partial charge in [0.05, 0.1) is 18.2 Å². The molecule has 5 nitrogen and oxygen atoms in total. The number of nitrogens with zero attached hydrogens (tertiary/aromatic N) is 1. The standard InChI is InChI=1S/C31H33NO4/c1-7-36-24-10-8-9-23(18-24)32-27(21-13-15-22(16-14-21)31(4,5)6)26(29(34)30(32)35)28(33)25-17-19(2)11-12-20(25)3/h8-18,27,33H,7H2,1-6H3/b28-26+. The topological polar surface area (TPSA) is 66.8 Å². The van der Waals surface area contributed by atoms with Crippen molar-refractivity contribution < 1.29 is 19.4 Å². The van der Waals surface area contributed by atoms with Gasteiger partial charge in [-0.2, -0.15) is 0 Å². The van der Waals surface area contributed by atoms with Crippen LogP contribution in [0.4, 0.5) is 5.69 Å². The van der Waals surface area contributed by atoms with Gasteiger partial charge in [-0.15, -0.1) is 0 Å². The van der Waals surface area contributed by atoms with Crippen molar-refractivity contribution in [1.82, 2.24) is 0 Å². The Kier molecular flexibility index (Phi) is 6.77. The van der Waals surface area contributed by atoms with Crippen LogP contribution in [0, 0.1) is 13.8 Å². The third-order valence-electron chi connectivity index (χ3n) is 6.59. The number of aliphatic hydroxyl groups excluding tert-OH is 1. The van der Waals surface area contributed by atoms with E-state index in [0.29, 0.717) is 23.6 Å². The van der Waals surface area contributed by atoms with Crippen molar-refractivity contribution in [3.05, 3.63) is 100 Å². The zero-order valence-electron chi connectivity index (χ0n) is 21.8. The third kappa shape index (κ3) is 4.66. The molecule has 0 radical (unpaired) electrons. The van der Waals surface area contributed by atoms with Crippen molar-refractivity contribution in [2.75, 3.05) is 11.5 Å². The molecule has 3 aromatic carbocycles. The van der Waals surface area contributed by atoms with E-state index in [2.05, 4.69) is 20.8 Å². The number of carbonyl (C=O) groups is 2. The summed E-state index contributed by atoms with van der Waals surface area (Å²) in [6.45, 7) is 12.6. The molecule has 1 saturated heterocycles. The highest BCUT2D eigenvalue weighted by Crippen LogP contribution is 2.43. The van der Waals surface area contributed by atoms with Gasteiger partial charge in [-0.05, 0) is 61.1 Å². The Morgan fingerprint density at radius 1 is 0.972 bits per heavy atom. The third-order valence-corrected chi connectivity index (χ3v) is 6.59. The average Bonchev–Trinajstić information content (AvgIpc) is 3.10. The molecule has 0 bridgehead atoms. The molecule has 1 unspecified atom stereocenters. The number of aryl methyl sites for hydroxylation is 2. The van der Waals surface area contributed by atoms with E-state index < -0.39 is 17.7 Å². The number of amides is 1. The van der Waals surface area contributed by atoms with Gasteiger partial charge in [0.1, 0.15) is 11.5 Å². The predicted molar refractivity (Wildman–Crippen MR) is 143 cm³/mol. The predicted octanol–water partition coefficient (Wildman–Crippen LogP) is 6.63. The van der Waals surface area contributed by atoms with E-state index in [4.69, 9.17) is 4.74 Å². The smallest absolute Gasteiger partial charge is 0.300 e. The Morgan fingerprint density at radius 3 is 2.31 bits per heavy atom. The first kappa shape index (κ1) is 25.2. The maximum Gasteiger partial charge on any atom is 0.300 e.